The molecule has 0 spiro atoms. The Hall–Kier alpha value is -1.17. The number of rotatable bonds is 4. The Morgan fingerprint density at radius 2 is 2.36 bits per heavy atom. The summed E-state index contributed by atoms with van der Waals surface area (Å²) in [6.07, 6.45) is 1.98. The van der Waals surface area contributed by atoms with E-state index < -0.39 is 12.0 Å². The van der Waals surface area contributed by atoms with E-state index in [1.54, 1.807) is 0 Å². The van der Waals surface area contributed by atoms with Gasteiger partial charge in [-0.3, -0.25) is 0 Å². The molecule has 1 fully saturated rings. The summed E-state index contributed by atoms with van der Waals surface area (Å²) in [5, 5.41) is 21.0. The van der Waals surface area contributed by atoms with Gasteiger partial charge in [-0.2, -0.15) is 0 Å². The number of aryl methyl sites for hydroxylation is 1. The molecule has 1 aromatic heterocycles. The quantitative estimate of drug-likeness (QED) is 0.784. The van der Waals surface area contributed by atoms with Gasteiger partial charge in [0.05, 0.1) is 0 Å². The van der Waals surface area contributed by atoms with Gasteiger partial charge in [-0.25, -0.2) is 4.79 Å². The number of carboxylic acid groups (broad SMARTS) is 1. The van der Waals surface area contributed by atoms with Crippen molar-refractivity contribution in [3.8, 4) is 0 Å². The van der Waals surface area contributed by atoms with Crippen molar-refractivity contribution in [3.63, 3.8) is 0 Å². The van der Waals surface area contributed by atoms with E-state index in [4.69, 9.17) is 5.11 Å². The maximum atomic E-state index is 10.9. The predicted octanol–water partition coefficient (Wildman–Crippen LogP) is 1.12. The van der Waals surface area contributed by atoms with Crippen LogP contribution in [0.4, 0.5) is 5.13 Å². The molecule has 0 aliphatic heterocycles. The first-order valence-corrected chi connectivity index (χ1v) is 5.28. The fourth-order valence-corrected chi connectivity index (χ4v) is 1.93. The molecule has 1 saturated carbocycles. The molecule has 0 radical (unpaired) electrons. The summed E-state index contributed by atoms with van der Waals surface area (Å²) >= 11 is 1.38. The molecule has 1 aromatic rings. The standard InChI is InChI=1S/C8H11N3O2S/c1-4-10-11-8(14-4)9-6(7(12)13)5-2-3-5/h5-6H,2-3H2,1H3,(H,9,11)(H,12,13). The minimum atomic E-state index is -0.805. The Morgan fingerprint density at radius 3 is 2.79 bits per heavy atom. The lowest BCUT2D eigenvalue weighted by Gasteiger charge is -2.11. The van der Waals surface area contributed by atoms with E-state index in [0.29, 0.717) is 5.13 Å². The molecule has 1 aliphatic rings. The van der Waals surface area contributed by atoms with E-state index in [1.165, 1.54) is 11.3 Å². The second-order valence-corrected chi connectivity index (χ2v) is 4.61. The molecule has 0 bridgehead atoms. The highest BCUT2D eigenvalue weighted by molar-refractivity contribution is 7.15. The third-order valence-electron chi connectivity index (χ3n) is 2.16. The topological polar surface area (TPSA) is 75.1 Å². The van der Waals surface area contributed by atoms with Crippen molar-refractivity contribution in [2.24, 2.45) is 5.92 Å². The number of aromatic nitrogens is 2. The number of carboxylic acids is 1. The van der Waals surface area contributed by atoms with Crippen LogP contribution in [0, 0.1) is 12.8 Å². The Balaban J connectivity index is 2.03. The van der Waals surface area contributed by atoms with E-state index in [1.807, 2.05) is 6.92 Å². The Bertz CT molecular complexity index is 348. The first-order valence-electron chi connectivity index (χ1n) is 4.46. The highest BCUT2D eigenvalue weighted by atomic mass is 32.1. The zero-order valence-electron chi connectivity index (χ0n) is 7.73. The number of carbonyl (C=O) groups is 1. The molecule has 2 N–H and O–H groups in total. The summed E-state index contributed by atoms with van der Waals surface area (Å²) < 4.78 is 0. The van der Waals surface area contributed by atoms with Crippen molar-refractivity contribution in [2.45, 2.75) is 25.8 Å². The second-order valence-electron chi connectivity index (χ2n) is 3.42. The van der Waals surface area contributed by atoms with Crippen LogP contribution in [-0.2, 0) is 4.79 Å². The number of hydrogen-bond acceptors (Lipinski definition) is 5. The van der Waals surface area contributed by atoms with Gasteiger partial charge >= 0.3 is 5.97 Å². The van der Waals surface area contributed by atoms with Gasteiger partial charge in [0.15, 0.2) is 0 Å². The van der Waals surface area contributed by atoms with Gasteiger partial charge in [0.25, 0.3) is 0 Å². The van der Waals surface area contributed by atoms with Crippen LogP contribution in [0.1, 0.15) is 17.8 Å². The van der Waals surface area contributed by atoms with Crippen LogP contribution in [0.5, 0.6) is 0 Å². The van der Waals surface area contributed by atoms with Crippen molar-refractivity contribution >= 4 is 22.4 Å². The minimum absolute atomic E-state index is 0.261. The van der Waals surface area contributed by atoms with E-state index >= 15 is 0 Å². The lowest BCUT2D eigenvalue weighted by atomic mass is 10.2. The first kappa shape index (κ1) is 9.39. The normalized spacial score (nSPS) is 17.8. The fourth-order valence-electron chi connectivity index (χ4n) is 1.30. The molecule has 1 aliphatic carbocycles. The first-order chi connectivity index (χ1) is 6.66. The van der Waals surface area contributed by atoms with Gasteiger partial charge in [-0.05, 0) is 25.7 Å². The van der Waals surface area contributed by atoms with E-state index in [0.717, 1.165) is 17.8 Å². The summed E-state index contributed by atoms with van der Waals surface area (Å²) in [5.74, 6) is -0.544. The molecular formula is C8H11N3O2S. The number of anilines is 1. The highest BCUT2D eigenvalue weighted by Gasteiger charge is 2.36. The van der Waals surface area contributed by atoms with Gasteiger partial charge < -0.3 is 10.4 Å². The number of aliphatic carboxylic acids is 1. The zero-order chi connectivity index (χ0) is 10.1. The molecule has 0 amide bonds. The molecule has 1 unspecified atom stereocenters. The van der Waals surface area contributed by atoms with E-state index in [9.17, 15) is 4.79 Å². The summed E-state index contributed by atoms with van der Waals surface area (Å²) in [5.41, 5.74) is 0. The maximum Gasteiger partial charge on any atom is 0.326 e. The zero-order valence-corrected chi connectivity index (χ0v) is 8.54. The van der Waals surface area contributed by atoms with E-state index in [2.05, 4.69) is 15.5 Å². The second kappa shape index (κ2) is 3.53. The molecule has 76 valence electrons. The van der Waals surface area contributed by atoms with Crippen LogP contribution in [0.25, 0.3) is 0 Å². The van der Waals surface area contributed by atoms with Crippen molar-refractivity contribution < 1.29 is 9.90 Å². The summed E-state index contributed by atoms with van der Waals surface area (Å²) in [6, 6.07) is -0.498. The third kappa shape index (κ3) is 2.01. The van der Waals surface area contributed by atoms with Gasteiger partial charge in [0.2, 0.25) is 5.13 Å². The van der Waals surface area contributed by atoms with Crippen molar-refractivity contribution in [1.29, 1.82) is 0 Å². The average Bonchev–Trinajstić information content (AvgIpc) is 2.86. The van der Waals surface area contributed by atoms with Crippen LogP contribution in [0.15, 0.2) is 0 Å². The lowest BCUT2D eigenvalue weighted by molar-refractivity contribution is -0.138. The van der Waals surface area contributed by atoms with Crippen LogP contribution >= 0.6 is 11.3 Å². The van der Waals surface area contributed by atoms with Crippen molar-refractivity contribution in [3.05, 3.63) is 5.01 Å². The molecule has 6 heteroatoms. The Morgan fingerprint density at radius 1 is 1.64 bits per heavy atom. The molecule has 14 heavy (non-hydrogen) atoms. The Kier molecular flexibility index (Phi) is 2.37. The Labute approximate surface area is 85.2 Å². The van der Waals surface area contributed by atoms with Crippen molar-refractivity contribution in [1.82, 2.24) is 10.2 Å². The fraction of sp³-hybridized carbons (Fsp3) is 0.625. The highest BCUT2D eigenvalue weighted by Crippen LogP contribution is 2.34. The van der Waals surface area contributed by atoms with Gasteiger partial charge in [-0.1, -0.05) is 11.3 Å². The predicted molar refractivity (Wildman–Crippen MR) is 52.4 cm³/mol. The van der Waals surface area contributed by atoms with Gasteiger partial charge in [0.1, 0.15) is 11.0 Å². The molecule has 1 atom stereocenters. The SMILES string of the molecule is Cc1nnc(NC(C(=O)O)C2CC2)s1. The van der Waals surface area contributed by atoms with E-state index in [-0.39, 0.29) is 5.92 Å². The van der Waals surface area contributed by atoms with Crippen LogP contribution in [0.3, 0.4) is 0 Å². The largest absolute Gasteiger partial charge is 0.480 e. The summed E-state index contributed by atoms with van der Waals surface area (Å²) in [6.45, 7) is 1.84. The van der Waals surface area contributed by atoms with Crippen LogP contribution in [0.2, 0.25) is 0 Å². The molecular weight excluding hydrogens is 202 g/mol. The monoisotopic (exact) mass is 213 g/mol. The van der Waals surface area contributed by atoms with Crippen molar-refractivity contribution in [2.75, 3.05) is 5.32 Å². The van der Waals surface area contributed by atoms with Crippen LogP contribution < -0.4 is 5.32 Å². The lowest BCUT2D eigenvalue weighted by Crippen LogP contribution is -2.31. The summed E-state index contributed by atoms with van der Waals surface area (Å²) in [7, 11) is 0. The third-order valence-corrected chi connectivity index (χ3v) is 2.93. The minimum Gasteiger partial charge on any atom is -0.480 e. The summed E-state index contributed by atoms with van der Waals surface area (Å²) in [4.78, 5) is 10.9. The van der Waals surface area contributed by atoms with Crippen LogP contribution in [-0.4, -0.2) is 27.3 Å². The van der Waals surface area contributed by atoms with Gasteiger partial charge in [-0.15, -0.1) is 10.2 Å². The number of hydrogen-bond donors (Lipinski definition) is 2. The maximum absolute atomic E-state index is 10.9. The molecule has 1 heterocycles. The average molecular weight is 213 g/mol. The number of nitrogens with one attached hydrogen (secondary N) is 1. The molecule has 0 aromatic carbocycles. The molecule has 2 rings (SSSR count). The molecule has 0 saturated heterocycles. The number of nitrogens with zero attached hydrogens (tertiary/aromatic N) is 2. The van der Waals surface area contributed by atoms with Gasteiger partial charge in [0, 0.05) is 0 Å². The smallest absolute Gasteiger partial charge is 0.326 e. The molecule has 5 nitrogen and oxygen atoms in total.